The Kier molecular flexibility index (Phi) is 6.63. The summed E-state index contributed by atoms with van der Waals surface area (Å²) in [5.41, 5.74) is 1.01. The van der Waals surface area contributed by atoms with Crippen LogP contribution in [0.4, 0.5) is 11.7 Å². The average Bonchev–Trinajstić information content (AvgIpc) is 3.12. The normalized spacial score (nSPS) is 10.5. The second-order valence-corrected chi connectivity index (χ2v) is 6.42. The predicted molar refractivity (Wildman–Crippen MR) is 109 cm³/mol. The van der Waals surface area contributed by atoms with E-state index in [-0.39, 0.29) is 41.7 Å². The van der Waals surface area contributed by atoms with Gasteiger partial charge in [0.15, 0.2) is 11.4 Å². The number of carbonyl (C=O) groups is 2. The molecular weight excluding hydrogens is 412 g/mol. The number of hydrogen-bond donors (Lipinski definition) is 1. The second kappa shape index (κ2) is 9.36. The van der Waals surface area contributed by atoms with Crippen molar-refractivity contribution in [1.29, 1.82) is 0 Å². The lowest BCUT2D eigenvalue weighted by molar-refractivity contribution is 0.0518. The van der Waals surface area contributed by atoms with Crippen LogP contribution >= 0.6 is 11.6 Å². The van der Waals surface area contributed by atoms with Gasteiger partial charge in [0, 0.05) is 16.8 Å². The smallest absolute Gasteiger partial charge is 0.346 e. The van der Waals surface area contributed by atoms with Crippen LogP contribution in [0.15, 0.2) is 35.0 Å². The molecule has 0 atom stereocenters. The Balaban J connectivity index is 2.07. The molecule has 0 radical (unpaired) electrons. The molecule has 0 bridgehead atoms. The molecule has 0 aliphatic carbocycles. The van der Waals surface area contributed by atoms with E-state index in [1.807, 2.05) is 0 Å². The summed E-state index contributed by atoms with van der Waals surface area (Å²) in [6.45, 7) is 5.38. The number of benzene rings is 1. The number of nitrogens with zero attached hydrogens (tertiary/aromatic N) is 3. The van der Waals surface area contributed by atoms with Crippen LogP contribution in [-0.4, -0.2) is 40.3 Å². The van der Waals surface area contributed by atoms with Gasteiger partial charge in [0.2, 0.25) is 5.88 Å². The van der Waals surface area contributed by atoms with Crippen molar-refractivity contribution in [3.8, 4) is 11.3 Å². The van der Waals surface area contributed by atoms with Gasteiger partial charge >= 0.3 is 11.9 Å². The number of anilines is 2. The molecule has 1 N–H and O–H groups in total. The minimum Gasteiger partial charge on any atom is -0.462 e. The third-order valence-electron chi connectivity index (χ3n) is 3.93. The fourth-order valence-electron chi connectivity index (χ4n) is 2.60. The van der Waals surface area contributed by atoms with E-state index in [2.05, 4.69) is 20.4 Å². The molecule has 3 aromatic rings. The highest BCUT2D eigenvalue weighted by atomic mass is 35.5. The van der Waals surface area contributed by atoms with Crippen LogP contribution in [0.25, 0.3) is 11.3 Å². The molecule has 3 rings (SSSR count). The average molecular weight is 431 g/mol. The number of ether oxygens (including phenoxy) is 2. The molecule has 0 aliphatic heterocycles. The molecule has 0 fully saturated rings. The van der Waals surface area contributed by atoms with Gasteiger partial charge in [0.25, 0.3) is 0 Å². The van der Waals surface area contributed by atoms with E-state index in [1.165, 1.54) is 6.20 Å². The summed E-state index contributed by atoms with van der Waals surface area (Å²) >= 11 is 5.95. The SMILES string of the molecule is CCOC(=O)c1cnc(C)nc1Nc1onc(-c2ccc(Cl)cc2)c1C(=O)OCC. The fraction of sp³-hybridized carbons (Fsp3) is 0.250. The lowest BCUT2D eigenvalue weighted by atomic mass is 10.1. The number of carbonyl (C=O) groups excluding carboxylic acids is 2. The summed E-state index contributed by atoms with van der Waals surface area (Å²) < 4.78 is 15.6. The zero-order valence-corrected chi connectivity index (χ0v) is 17.3. The van der Waals surface area contributed by atoms with E-state index in [0.717, 1.165) is 0 Å². The van der Waals surface area contributed by atoms with Gasteiger partial charge in [-0.2, -0.15) is 0 Å². The Hall–Kier alpha value is -3.46. The van der Waals surface area contributed by atoms with Crippen molar-refractivity contribution in [2.24, 2.45) is 0 Å². The number of aromatic nitrogens is 3. The lowest BCUT2D eigenvalue weighted by Crippen LogP contribution is -2.12. The van der Waals surface area contributed by atoms with Crippen LogP contribution in [0.5, 0.6) is 0 Å². The minimum absolute atomic E-state index is 0.0259. The summed E-state index contributed by atoms with van der Waals surface area (Å²) in [6, 6.07) is 6.73. The van der Waals surface area contributed by atoms with Gasteiger partial charge in [-0.15, -0.1) is 0 Å². The van der Waals surface area contributed by atoms with Gasteiger partial charge in [-0.3, -0.25) is 0 Å². The molecule has 0 saturated heterocycles. The molecule has 0 saturated carbocycles. The summed E-state index contributed by atoms with van der Waals surface area (Å²) in [6.07, 6.45) is 1.34. The summed E-state index contributed by atoms with van der Waals surface area (Å²) in [5.74, 6) is -0.766. The first-order valence-electron chi connectivity index (χ1n) is 9.15. The topological polar surface area (TPSA) is 116 Å². The van der Waals surface area contributed by atoms with E-state index in [4.69, 9.17) is 25.6 Å². The van der Waals surface area contributed by atoms with Crippen molar-refractivity contribution >= 4 is 35.2 Å². The van der Waals surface area contributed by atoms with Gasteiger partial charge in [-0.25, -0.2) is 19.6 Å². The Bertz CT molecular complexity index is 1070. The van der Waals surface area contributed by atoms with Crippen molar-refractivity contribution in [2.45, 2.75) is 20.8 Å². The second-order valence-electron chi connectivity index (χ2n) is 5.99. The Labute approximate surface area is 177 Å². The van der Waals surface area contributed by atoms with Gasteiger partial charge < -0.3 is 19.3 Å². The maximum atomic E-state index is 12.7. The number of rotatable bonds is 7. The molecule has 0 unspecified atom stereocenters. The fourth-order valence-corrected chi connectivity index (χ4v) is 2.73. The molecule has 0 spiro atoms. The van der Waals surface area contributed by atoms with Gasteiger partial charge in [0.1, 0.15) is 17.1 Å². The summed E-state index contributed by atoms with van der Waals surface area (Å²) in [5, 5.41) is 7.40. The number of halogens is 1. The first-order chi connectivity index (χ1) is 14.4. The quantitative estimate of drug-likeness (QED) is 0.550. The third-order valence-corrected chi connectivity index (χ3v) is 4.18. The van der Waals surface area contributed by atoms with Crippen LogP contribution in [0, 0.1) is 6.92 Å². The Morgan fingerprint density at radius 1 is 1.10 bits per heavy atom. The molecule has 0 amide bonds. The maximum absolute atomic E-state index is 12.7. The molecule has 2 aromatic heterocycles. The monoisotopic (exact) mass is 430 g/mol. The van der Waals surface area contributed by atoms with E-state index in [9.17, 15) is 9.59 Å². The van der Waals surface area contributed by atoms with Crippen LogP contribution in [-0.2, 0) is 9.47 Å². The summed E-state index contributed by atoms with van der Waals surface area (Å²) in [4.78, 5) is 33.2. The number of hydrogen-bond acceptors (Lipinski definition) is 9. The molecule has 10 heteroatoms. The largest absolute Gasteiger partial charge is 0.462 e. The van der Waals surface area contributed by atoms with Crippen LogP contribution < -0.4 is 5.32 Å². The highest BCUT2D eigenvalue weighted by molar-refractivity contribution is 6.30. The molecule has 1 aromatic carbocycles. The van der Waals surface area contributed by atoms with Gasteiger partial charge in [-0.05, 0) is 32.9 Å². The molecule has 30 heavy (non-hydrogen) atoms. The molecule has 0 aliphatic rings. The molecular formula is C20H19ClN4O5. The molecule has 2 heterocycles. The van der Waals surface area contributed by atoms with Crippen molar-refractivity contribution in [3.05, 3.63) is 52.4 Å². The van der Waals surface area contributed by atoms with E-state index in [1.54, 1.807) is 45.0 Å². The molecule has 156 valence electrons. The van der Waals surface area contributed by atoms with E-state index in [0.29, 0.717) is 16.4 Å². The number of esters is 2. The third kappa shape index (κ3) is 4.57. The van der Waals surface area contributed by atoms with Gasteiger partial charge in [-0.1, -0.05) is 28.9 Å². The maximum Gasteiger partial charge on any atom is 0.346 e. The lowest BCUT2D eigenvalue weighted by Gasteiger charge is -2.10. The van der Waals surface area contributed by atoms with Crippen molar-refractivity contribution < 1.29 is 23.6 Å². The van der Waals surface area contributed by atoms with E-state index >= 15 is 0 Å². The first kappa shape index (κ1) is 21.3. The summed E-state index contributed by atoms with van der Waals surface area (Å²) in [7, 11) is 0. The van der Waals surface area contributed by atoms with E-state index < -0.39 is 11.9 Å². The standard InChI is InChI=1S/C20H19ClN4O5/c1-4-28-19(26)14-10-22-11(3)23-17(14)24-18-15(20(27)29-5-2)16(25-30-18)12-6-8-13(21)9-7-12/h6-10H,4-5H2,1-3H3,(H,22,23,24). The molecule has 9 nitrogen and oxygen atoms in total. The highest BCUT2D eigenvalue weighted by Gasteiger charge is 2.27. The zero-order chi connectivity index (χ0) is 21.7. The predicted octanol–water partition coefficient (Wildman–Crippen LogP) is 4.19. The van der Waals surface area contributed by atoms with Crippen molar-refractivity contribution in [3.63, 3.8) is 0 Å². The number of nitrogens with one attached hydrogen (secondary N) is 1. The van der Waals surface area contributed by atoms with Crippen LogP contribution in [0.2, 0.25) is 5.02 Å². The Morgan fingerprint density at radius 2 is 1.77 bits per heavy atom. The van der Waals surface area contributed by atoms with Crippen molar-refractivity contribution in [1.82, 2.24) is 15.1 Å². The Morgan fingerprint density at radius 3 is 2.43 bits per heavy atom. The van der Waals surface area contributed by atoms with Crippen LogP contribution in [0.1, 0.15) is 40.4 Å². The van der Waals surface area contributed by atoms with Crippen molar-refractivity contribution in [2.75, 3.05) is 18.5 Å². The zero-order valence-electron chi connectivity index (χ0n) is 16.6. The minimum atomic E-state index is -0.644. The first-order valence-corrected chi connectivity index (χ1v) is 9.52. The van der Waals surface area contributed by atoms with Gasteiger partial charge in [0.05, 0.1) is 13.2 Å². The number of aryl methyl sites for hydroxylation is 1. The van der Waals surface area contributed by atoms with Crippen LogP contribution in [0.3, 0.4) is 0 Å². The highest BCUT2D eigenvalue weighted by Crippen LogP contribution is 2.32.